The van der Waals surface area contributed by atoms with E-state index in [0.717, 1.165) is 0 Å². The van der Waals surface area contributed by atoms with E-state index in [1.165, 1.54) is 0 Å². The zero-order valence-corrected chi connectivity index (χ0v) is 21.4. The number of sulfonamides is 1. The quantitative estimate of drug-likeness (QED) is 0.251. The summed E-state index contributed by atoms with van der Waals surface area (Å²) in [5.41, 5.74) is -0.304. The van der Waals surface area contributed by atoms with Crippen molar-refractivity contribution in [2.75, 3.05) is 13.6 Å². The van der Waals surface area contributed by atoms with Crippen molar-refractivity contribution in [3.8, 4) is 0 Å². The van der Waals surface area contributed by atoms with Gasteiger partial charge in [-0.3, -0.25) is 9.79 Å². The van der Waals surface area contributed by atoms with Gasteiger partial charge in [-0.15, -0.1) is 24.0 Å². The third-order valence-corrected chi connectivity index (χ3v) is 5.16. The number of halogens is 1. The van der Waals surface area contributed by atoms with Crippen LogP contribution in [-0.4, -0.2) is 45.0 Å². The number of amides is 1. The molecule has 1 amide bonds. The van der Waals surface area contributed by atoms with Crippen molar-refractivity contribution in [3.63, 3.8) is 0 Å². The molecule has 0 spiro atoms. The van der Waals surface area contributed by atoms with Crippen molar-refractivity contribution in [2.24, 2.45) is 4.99 Å². The molecule has 0 atom stereocenters. The van der Waals surface area contributed by atoms with Gasteiger partial charge in [0.25, 0.3) is 0 Å². The Kier molecular flexibility index (Phi) is 10.6. The monoisotopic (exact) mass is 539 g/mol. The van der Waals surface area contributed by atoms with Crippen LogP contribution >= 0.6 is 24.0 Å². The Morgan fingerprint density at radius 3 is 2.10 bits per heavy atom. The lowest BCUT2D eigenvalue weighted by Gasteiger charge is -2.22. The highest BCUT2D eigenvalue weighted by Gasteiger charge is 2.24. The SMILES string of the molecule is CN=C(NCC(=O)NC(C)(C)C)NCc1ccccc1S(=O)(=O)NC(C)(C)C.I. The first-order chi connectivity index (χ1) is 12.7. The number of nitrogens with one attached hydrogen (secondary N) is 4. The highest BCUT2D eigenvalue weighted by atomic mass is 127. The fourth-order valence-corrected chi connectivity index (χ4v) is 4.06. The second-order valence-electron chi connectivity index (χ2n) is 8.54. The second-order valence-corrected chi connectivity index (χ2v) is 10.2. The summed E-state index contributed by atoms with van der Waals surface area (Å²) in [6, 6.07) is 6.77. The maximum absolute atomic E-state index is 12.7. The summed E-state index contributed by atoms with van der Waals surface area (Å²) in [5.74, 6) is 0.243. The summed E-state index contributed by atoms with van der Waals surface area (Å²) in [6.45, 7) is 11.4. The Balaban J connectivity index is 0.00000784. The molecule has 0 bridgehead atoms. The van der Waals surface area contributed by atoms with Crippen LogP contribution in [-0.2, 0) is 21.4 Å². The van der Waals surface area contributed by atoms with Crippen molar-refractivity contribution in [1.29, 1.82) is 0 Å². The highest BCUT2D eigenvalue weighted by Crippen LogP contribution is 2.17. The van der Waals surface area contributed by atoms with Gasteiger partial charge in [0.15, 0.2) is 5.96 Å². The molecular formula is C19H34IN5O3S. The molecule has 8 nitrogen and oxygen atoms in total. The molecule has 0 saturated heterocycles. The predicted molar refractivity (Wildman–Crippen MR) is 128 cm³/mol. The largest absolute Gasteiger partial charge is 0.352 e. The summed E-state index contributed by atoms with van der Waals surface area (Å²) in [6.07, 6.45) is 0. The fraction of sp³-hybridized carbons (Fsp3) is 0.579. The van der Waals surface area contributed by atoms with E-state index in [1.807, 2.05) is 20.8 Å². The topological polar surface area (TPSA) is 112 Å². The van der Waals surface area contributed by atoms with Crippen molar-refractivity contribution >= 4 is 45.9 Å². The lowest BCUT2D eigenvalue weighted by Crippen LogP contribution is -2.48. The lowest BCUT2D eigenvalue weighted by molar-refractivity contribution is -0.121. The van der Waals surface area contributed by atoms with Crippen LogP contribution in [0.25, 0.3) is 0 Å². The zero-order valence-electron chi connectivity index (χ0n) is 18.2. The van der Waals surface area contributed by atoms with Crippen LogP contribution in [0.15, 0.2) is 34.2 Å². The Morgan fingerprint density at radius 2 is 1.59 bits per heavy atom. The molecule has 0 unspecified atom stereocenters. The lowest BCUT2D eigenvalue weighted by atomic mass is 10.1. The smallest absolute Gasteiger partial charge is 0.241 e. The molecule has 0 saturated carbocycles. The Hall–Kier alpha value is -1.40. The zero-order chi connectivity index (χ0) is 21.6. The Morgan fingerprint density at radius 1 is 1.00 bits per heavy atom. The number of benzene rings is 1. The van der Waals surface area contributed by atoms with Crippen LogP contribution in [0.5, 0.6) is 0 Å². The molecule has 0 aliphatic rings. The molecule has 166 valence electrons. The predicted octanol–water partition coefficient (Wildman–Crippen LogP) is 1.96. The summed E-state index contributed by atoms with van der Waals surface area (Å²) >= 11 is 0. The van der Waals surface area contributed by atoms with Crippen molar-refractivity contribution in [3.05, 3.63) is 29.8 Å². The Bertz CT molecular complexity index is 812. The number of carbonyl (C=O) groups is 1. The molecule has 4 N–H and O–H groups in total. The summed E-state index contributed by atoms with van der Waals surface area (Å²) in [5, 5.41) is 8.82. The van der Waals surface area contributed by atoms with Crippen LogP contribution in [0.4, 0.5) is 0 Å². The third-order valence-electron chi connectivity index (χ3n) is 3.30. The van der Waals surface area contributed by atoms with Crippen LogP contribution in [0.3, 0.4) is 0 Å². The molecule has 0 aliphatic carbocycles. The number of guanidine groups is 1. The van der Waals surface area contributed by atoms with Crippen LogP contribution in [0.1, 0.15) is 47.1 Å². The molecule has 1 aromatic carbocycles. The molecule has 0 aromatic heterocycles. The maximum atomic E-state index is 12.7. The minimum absolute atomic E-state index is 0. The number of hydrogen-bond donors (Lipinski definition) is 4. The van der Waals surface area contributed by atoms with Crippen molar-refractivity contribution in [1.82, 2.24) is 20.7 Å². The average Bonchev–Trinajstić information content (AvgIpc) is 2.51. The average molecular weight is 539 g/mol. The van der Waals surface area contributed by atoms with Gasteiger partial charge in [0.05, 0.1) is 11.4 Å². The molecule has 0 heterocycles. The van der Waals surface area contributed by atoms with E-state index in [2.05, 4.69) is 25.7 Å². The molecule has 1 rings (SSSR count). The third kappa shape index (κ3) is 10.8. The first kappa shape index (κ1) is 27.6. The highest BCUT2D eigenvalue weighted by molar-refractivity contribution is 14.0. The van der Waals surface area contributed by atoms with Gasteiger partial charge in [0.2, 0.25) is 15.9 Å². The van der Waals surface area contributed by atoms with E-state index >= 15 is 0 Å². The Labute approximate surface area is 191 Å². The van der Waals surface area contributed by atoms with E-state index in [9.17, 15) is 13.2 Å². The number of rotatable bonds is 6. The van der Waals surface area contributed by atoms with Crippen molar-refractivity contribution in [2.45, 2.75) is 64.1 Å². The molecule has 0 aliphatic heterocycles. The van der Waals surface area contributed by atoms with Crippen LogP contribution in [0, 0.1) is 0 Å². The van der Waals surface area contributed by atoms with E-state index in [4.69, 9.17) is 0 Å². The first-order valence-corrected chi connectivity index (χ1v) is 10.6. The van der Waals surface area contributed by atoms with Gasteiger partial charge in [0.1, 0.15) is 0 Å². The van der Waals surface area contributed by atoms with Gasteiger partial charge in [-0.1, -0.05) is 18.2 Å². The molecule has 10 heteroatoms. The van der Waals surface area contributed by atoms with Gasteiger partial charge in [-0.25, -0.2) is 13.1 Å². The maximum Gasteiger partial charge on any atom is 0.241 e. The number of hydrogen-bond acceptors (Lipinski definition) is 4. The van der Waals surface area contributed by atoms with E-state index in [1.54, 1.807) is 52.1 Å². The summed E-state index contributed by atoms with van der Waals surface area (Å²) in [7, 11) is -2.08. The summed E-state index contributed by atoms with van der Waals surface area (Å²) in [4.78, 5) is 16.2. The minimum Gasteiger partial charge on any atom is -0.352 e. The van der Waals surface area contributed by atoms with Gasteiger partial charge >= 0.3 is 0 Å². The normalized spacial score (nSPS) is 12.7. The molecule has 0 fully saturated rings. The molecule has 1 aromatic rings. The van der Waals surface area contributed by atoms with Gasteiger partial charge < -0.3 is 16.0 Å². The fourth-order valence-electron chi connectivity index (χ4n) is 2.40. The number of carbonyl (C=O) groups excluding carboxylic acids is 1. The number of nitrogens with zero attached hydrogens (tertiary/aromatic N) is 1. The summed E-state index contributed by atoms with van der Waals surface area (Å²) < 4.78 is 28.0. The van der Waals surface area contributed by atoms with Gasteiger partial charge in [-0.05, 0) is 53.2 Å². The minimum atomic E-state index is -3.66. The van der Waals surface area contributed by atoms with Gasteiger partial charge in [0, 0.05) is 24.7 Å². The second kappa shape index (κ2) is 11.1. The van der Waals surface area contributed by atoms with Crippen LogP contribution < -0.4 is 20.7 Å². The van der Waals surface area contributed by atoms with Crippen molar-refractivity contribution < 1.29 is 13.2 Å². The molecule has 29 heavy (non-hydrogen) atoms. The first-order valence-electron chi connectivity index (χ1n) is 9.11. The molecular weight excluding hydrogens is 505 g/mol. The standard InChI is InChI=1S/C19H33N5O3S.HI/c1-18(2,3)23-16(25)13-22-17(20-7)21-12-14-10-8-9-11-15(14)28(26,27)24-19(4,5)6;/h8-11,24H,12-13H2,1-7H3,(H,23,25)(H2,20,21,22);1H. The van der Waals surface area contributed by atoms with E-state index < -0.39 is 15.6 Å². The number of aliphatic imine (C=N–C) groups is 1. The van der Waals surface area contributed by atoms with E-state index in [0.29, 0.717) is 11.5 Å². The van der Waals surface area contributed by atoms with Gasteiger partial charge in [-0.2, -0.15) is 0 Å². The van der Waals surface area contributed by atoms with E-state index in [-0.39, 0.29) is 53.4 Å². The van der Waals surface area contributed by atoms with Crippen LogP contribution in [0.2, 0.25) is 0 Å². The molecule has 0 radical (unpaired) electrons.